The van der Waals surface area contributed by atoms with Gasteiger partial charge in [-0.25, -0.2) is 8.42 Å². The van der Waals surface area contributed by atoms with Gasteiger partial charge in [-0.05, 0) is 29.8 Å². The van der Waals surface area contributed by atoms with Gasteiger partial charge in [0.15, 0.2) is 5.16 Å². The van der Waals surface area contributed by atoms with Crippen LogP contribution in [0.4, 0.5) is 0 Å². The number of nitrogens with one attached hydrogen (secondary N) is 2. The summed E-state index contributed by atoms with van der Waals surface area (Å²) >= 11 is 7.41. The maximum absolute atomic E-state index is 12.2. The highest BCUT2D eigenvalue weighted by atomic mass is 35.5. The number of carbonyl (C=O) groups is 1. The van der Waals surface area contributed by atoms with Gasteiger partial charge in [0.25, 0.3) is 15.9 Å². The lowest BCUT2D eigenvalue weighted by Gasteiger charge is -2.10. The number of rotatable bonds is 7. The third kappa shape index (κ3) is 4.90. The fourth-order valence-electron chi connectivity index (χ4n) is 2.21. The zero-order valence-electron chi connectivity index (χ0n) is 14.7. The summed E-state index contributed by atoms with van der Waals surface area (Å²) in [6.07, 6.45) is 1.62. The van der Waals surface area contributed by atoms with Crippen LogP contribution in [0.2, 0.25) is 5.02 Å². The van der Waals surface area contributed by atoms with Gasteiger partial charge in [-0.3, -0.25) is 10.2 Å². The minimum absolute atomic E-state index is 0.0639. The molecule has 2 aromatic carbocycles. The van der Waals surface area contributed by atoms with Crippen molar-refractivity contribution in [2.45, 2.75) is 15.8 Å². The number of sulfonamides is 1. The average Bonchev–Trinajstić information content (AvgIpc) is 3.10. The molecule has 0 atom stereocenters. The summed E-state index contributed by atoms with van der Waals surface area (Å²) in [6, 6.07) is 12.8. The van der Waals surface area contributed by atoms with Gasteiger partial charge in [-0.2, -0.15) is 0 Å². The zero-order valence-corrected chi connectivity index (χ0v) is 17.1. The van der Waals surface area contributed by atoms with Gasteiger partial charge in [0.1, 0.15) is 11.2 Å². The number of benzene rings is 2. The van der Waals surface area contributed by atoms with E-state index in [0.717, 1.165) is 10.7 Å². The number of hydrogen-bond acceptors (Lipinski definition) is 6. The van der Waals surface area contributed by atoms with E-state index >= 15 is 0 Å². The van der Waals surface area contributed by atoms with Crippen LogP contribution in [0.3, 0.4) is 0 Å². The lowest BCUT2D eigenvalue weighted by atomic mass is 10.1. The number of carbonyl (C=O) groups excluding carboxylic acids is 1. The predicted molar refractivity (Wildman–Crippen MR) is 106 cm³/mol. The third-order valence-corrected chi connectivity index (χ3v) is 6.53. The van der Waals surface area contributed by atoms with E-state index in [1.807, 2.05) is 16.4 Å². The second-order valence-electron chi connectivity index (χ2n) is 5.70. The second-order valence-corrected chi connectivity index (χ2v) is 8.70. The Morgan fingerprint density at radius 1 is 1.18 bits per heavy atom. The van der Waals surface area contributed by atoms with Crippen LogP contribution in [-0.2, 0) is 22.8 Å². The summed E-state index contributed by atoms with van der Waals surface area (Å²) in [7, 11) is -2.11. The van der Waals surface area contributed by atoms with Gasteiger partial charge in [0.05, 0.1) is 5.02 Å². The van der Waals surface area contributed by atoms with Gasteiger partial charge in [0.2, 0.25) is 0 Å². The van der Waals surface area contributed by atoms with Crippen LogP contribution in [0, 0.1) is 0 Å². The number of thioether (sulfide) groups is 1. The largest absolute Gasteiger partial charge is 0.312 e. The summed E-state index contributed by atoms with van der Waals surface area (Å²) in [5.74, 6) is 0.0799. The van der Waals surface area contributed by atoms with Crippen LogP contribution < -0.4 is 10.3 Å². The smallest absolute Gasteiger partial charge is 0.266 e. The maximum Gasteiger partial charge on any atom is 0.266 e. The highest BCUT2D eigenvalue weighted by Gasteiger charge is 2.18. The first-order valence-electron chi connectivity index (χ1n) is 7.99. The Labute approximate surface area is 171 Å². The van der Waals surface area contributed by atoms with Crippen molar-refractivity contribution < 1.29 is 13.2 Å². The van der Waals surface area contributed by atoms with Crippen molar-refractivity contribution in [3.05, 3.63) is 71.0 Å². The molecule has 0 radical (unpaired) electrons. The van der Waals surface area contributed by atoms with E-state index < -0.39 is 15.9 Å². The molecule has 0 unspecified atom stereocenters. The van der Waals surface area contributed by atoms with Crippen LogP contribution in [0.15, 0.2) is 64.9 Å². The van der Waals surface area contributed by atoms with Gasteiger partial charge in [-0.15, -0.1) is 15.0 Å². The van der Waals surface area contributed by atoms with Crippen LogP contribution >= 0.6 is 23.4 Å². The van der Waals surface area contributed by atoms with E-state index in [1.54, 1.807) is 42.7 Å². The first-order chi connectivity index (χ1) is 13.4. The number of aromatic nitrogens is 3. The average molecular weight is 438 g/mol. The van der Waals surface area contributed by atoms with Crippen LogP contribution in [0.1, 0.15) is 15.9 Å². The molecule has 28 heavy (non-hydrogen) atoms. The lowest BCUT2D eigenvalue weighted by molar-refractivity contribution is 0.0945. The molecule has 146 valence electrons. The van der Waals surface area contributed by atoms with Crippen molar-refractivity contribution in [1.82, 2.24) is 25.0 Å². The molecular weight excluding hydrogens is 422 g/mol. The SMILES string of the molecule is Cn1cnnc1SCc1ccc(C(=O)NNS(=O)(=O)c2ccccc2Cl)cc1. The molecule has 0 aliphatic heterocycles. The molecule has 0 aliphatic carbocycles. The fourth-order valence-corrected chi connectivity index (χ4v) is 4.41. The molecule has 11 heteroatoms. The number of amides is 1. The molecular formula is C17H16ClN5O3S2. The van der Waals surface area contributed by atoms with E-state index in [1.165, 1.54) is 23.9 Å². The molecule has 2 N–H and O–H groups in total. The minimum atomic E-state index is -3.97. The Hall–Kier alpha value is -2.40. The summed E-state index contributed by atoms with van der Waals surface area (Å²) in [5.41, 5.74) is 3.49. The van der Waals surface area contributed by atoms with Crippen molar-refractivity contribution in [3.63, 3.8) is 0 Å². The molecule has 0 aliphatic rings. The number of halogens is 1. The van der Waals surface area contributed by atoms with Crippen molar-refractivity contribution in [2.75, 3.05) is 0 Å². The standard InChI is InChI=1S/C17H16ClN5O3S2/c1-23-11-19-21-17(23)27-10-12-6-8-13(9-7-12)16(24)20-22-28(25,26)15-5-3-2-4-14(15)18/h2-9,11,22H,10H2,1H3,(H,20,24). The quantitative estimate of drug-likeness (QED) is 0.434. The molecule has 8 nitrogen and oxygen atoms in total. The van der Waals surface area contributed by atoms with Crippen molar-refractivity contribution in [2.24, 2.45) is 7.05 Å². The highest BCUT2D eigenvalue weighted by Crippen LogP contribution is 2.21. The van der Waals surface area contributed by atoms with Crippen LogP contribution in [0.25, 0.3) is 0 Å². The van der Waals surface area contributed by atoms with Gasteiger partial charge < -0.3 is 4.57 Å². The number of hydrazine groups is 1. The Balaban J connectivity index is 1.59. The Bertz CT molecular complexity index is 1080. The predicted octanol–water partition coefficient (Wildman–Crippen LogP) is 2.38. The normalized spacial score (nSPS) is 11.4. The molecule has 1 aromatic heterocycles. The molecule has 0 fully saturated rings. The Morgan fingerprint density at radius 3 is 2.54 bits per heavy atom. The first kappa shape index (κ1) is 20.3. The van der Waals surface area contributed by atoms with Gasteiger partial charge in [-0.1, -0.05) is 47.6 Å². The van der Waals surface area contributed by atoms with Crippen molar-refractivity contribution in [1.29, 1.82) is 0 Å². The number of aryl methyl sites for hydroxylation is 1. The molecule has 0 saturated carbocycles. The van der Waals surface area contributed by atoms with Gasteiger partial charge >= 0.3 is 0 Å². The molecule has 1 amide bonds. The second kappa shape index (κ2) is 8.74. The zero-order chi connectivity index (χ0) is 20.1. The molecule has 0 bridgehead atoms. The number of nitrogens with zero attached hydrogens (tertiary/aromatic N) is 3. The lowest BCUT2D eigenvalue weighted by Crippen LogP contribution is -2.41. The number of hydrogen-bond donors (Lipinski definition) is 2. The van der Waals surface area contributed by atoms with E-state index in [4.69, 9.17) is 11.6 Å². The summed E-state index contributed by atoms with van der Waals surface area (Å²) < 4.78 is 26.3. The van der Waals surface area contributed by atoms with E-state index in [-0.39, 0.29) is 9.92 Å². The minimum Gasteiger partial charge on any atom is -0.312 e. The summed E-state index contributed by atoms with van der Waals surface area (Å²) in [6.45, 7) is 0. The van der Waals surface area contributed by atoms with Gasteiger partial charge in [0, 0.05) is 18.4 Å². The van der Waals surface area contributed by atoms with Crippen LogP contribution in [-0.4, -0.2) is 29.1 Å². The topological polar surface area (TPSA) is 106 Å². The van der Waals surface area contributed by atoms with Crippen molar-refractivity contribution >= 4 is 39.3 Å². The summed E-state index contributed by atoms with van der Waals surface area (Å²) in [5, 5.41) is 8.66. The Morgan fingerprint density at radius 2 is 1.89 bits per heavy atom. The van der Waals surface area contributed by atoms with E-state index in [2.05, 4.69) is 15.6 Å². The molecule has 0 saturated heterocycles. The Kier molecular flexibility index (Phi) is 6.35. The van der Waals surface area contributed by atoms with Crippen molar-refractivity contribution in [3.8, 4) is 0 Å². The monoisotopic (exact) mass is 437 g/mol. The molecule has 1 heterocycles. The first-order valence-corrected chi connectivity index (χ1v) is 10.8. The highest BCUT2D eigenvalue weighted by molar-refractivity contribution is 7.98. The molecule has 3 aromatic rings. The van der Waals surface area contributed by atoms with Crippen LogP contribution in [0.5, 0.6) is 0 Å². The molecule has 0 spiro atoms. The fraction of sp³-hybridized carbons (Fsp3) is 0.118. The third-order valence-electron chi connectivity index (χ3n) is 3.68. The van der Waals surface area contributed by atoms with E-state index in [9.17, 15) is 13.2 Å². The van der Waals surface area contributed by atoms with E-state index in [0.29, 0.717) is 11.3 Å². The maximum atomic E-state index is 12.2. The summed E-state index contributed by atoms with van der Waals surface area (Å²) in [4.78, 5) is 14.1. The molecule has 3 rings (SSSR count).